The lowest BCUT2D eigenvalue weighted by atomic mass is 10.1. The molecule has 0 aliphatic heterocycles. The second-order valence-corrected chi connectivity index (χ2v) is 4.56. The summed E-state index contributed by atoms with van der Waals surface area (Å²) in [5.41, 5.74) is 1.87. The van der Waals surface area contributed by atoms with Gasteiger partial charge >= 0.3 is 5.97 Å². The molecule has 1 aromatic heterocycles. The molecular formula is C12H12N2O2S. The van der Waals surface area contributed by atoms with E-state index in [1.807, 2.05) is 18.4 Å². The van der Waals surface area contributed by atoms with Crippen molar-refractivity contribution in [2.45, 2.75) is 13.5 Å². The molecule has 4 nitrogen and oxygen atoms in total. The molecule has 1 aromatic carbocycles. The standard InChI is InChI=1S/C12H12N2O2S/c1-8-3-2-4-9(12(15)16)11(8)14-7-10-13-5-6-17-10/h2-6,14H,7H2,1H3,(H,15,16). The quantitative estimate of drug-likeness (QED) is 0.873. The van der Waals surface area contributed by atoms with Crippen LogP contribution >= 0.6 is 11.3 Å². The van der Waals surface area contributed by atoms with Crippen LogP contribution < -0.4 is 5.32 Å². The van der Waals surface area contributed by atoms with Gasteiger partial charge in [0.1, 0.15) is 5.01 Å². The van der Waals surface area contributed by atoms with Crippen LogP contribution in [0.15, 0.2) is 29.8 Å². The molecule has 0 aliphatic rings. The number of nitrogens with one attached hydrogen (secondary N) is 1. The summed E-state index contributed by atoms with van der Waals surface area (Å²) in [6.07, 6.45) is 1.73. The predicted molar refractivity (Wildman–Crippen MR) is 67.6 cm³/mol. The molecule has 88 valence electrons. The van der Waals surface area contributed by atoms with Gasteiger partial charge in [-0.05, 0) is 18.6 Å². The van der Waals surface area contributed by atoms with Crippen molar-refractivity contribution in [3.63, 3.8) is 0 Å². The summed E-state index contributed by atoms with van der Waals surface area (Å²) in [6.45, 7) is 2.43. The number of hydrogen-bond acceptors (Lipinski definition) is 4. The molecule has 2 N–H and O–H groups in total. The van der Waals surface area contributed by atoms with Gasteiger partial charge in [0.15, 0.2) is 0 Å². The third kappa shape index (κ3) is 2.62. The fourth-order valence-electron chi connectivity index (χ4n) is 1.58. The molecule has 17 heavy (non-hydrogen) atoms. The van der Waals surface area contributed by atoms with Crippen LogP contribution in [0.4, 0.5) is 5.69 Å². The minimum Gasteiger partial charge on any atom is -0.478 e. The van der Waals surface area contributed by atoms with Gasteiger partial charge in [-0.25, -0.2) is 9.78 Å². The molecule has 1 heterocycles. The van der Waals surface area contributed by atoms with Gasteiger partial charge in [-0.15, -0.1) is 11.3 Å². The Morgan fingerprint density at radius 1 is 1.53 bits per heavy atom. The molecule has 0 aliphatic carbocycles. The first-order chi connectivity index (χ1) is 8.18. The Morgan fingerprint density at radius 2 is 2.35 bits per heavy atom. The predicted octanol–water partition coefficient (Wildman–Crippen LogP) is 2.76. The van der Waals surface area contributed by atoms with E-state index in [0.29, 0.717) is 17.8 Å². The van der Waals surface area contributed by atoms with Crippen molar-refractivity contribution >= 4 is 23.0 Å². The van der Waals surface area contributed by atoms with Crippen molar-refractivity contribution in [3.8, 4) is 0 Å². The second kappa shape index (κ2) is 4.97. The van der Waals surface area contributed by atoms with Crippen molar-refractivity contribution in [3.05, 3.63) is 45.9 Å². The van der Waals surface area contributed by atoms with Crippen LogP contribution in [-0.4, -0.2) is 16.1 Å². The summed E-state index contributed by atoms with van der Waals surface area (Å²) in [7, 11) is 0. The first kappa shape index (κ1) is 11.6. The van der Waals surface area contributed by atoms with Crippen LogP contribution in [0.1, 0.15) is 20.9 Å². The van der Waals surface area contributed by atoms with Crippen molar-refractivity contribution in [2.24, 2.45) is 0 Å². The highest BCUT2D eigenvalue weighted by Gasteiger charge is 2.11. The van der Waals surface area contributed by atoms with Gasteiger partial charge in [-0.1, -0.05) is 12.1 Å². The van der Waals surface area contributed by atoms with Gasteiger partial charge in [0, 0.05) is 11.6 Å². The highest BCUT2D eigenvalue weighted by Crippen LogP contribution is 2.21. The number of rotatable bonds is 4. The summed E-state index contributed by atoms with van der Waals surface area (Å²) in [4.78, 5) is 15.2. The van der Waals surface area contributed by atoms with Crippen molar-refractivity contribution < 1.29 is 9.90 Å². The van der Waals surface area contributed by atoms with Gasteiger partial charge in [0.2, 0.25) is 0 Å². The second-order valence-electron chi connectivity index (χ2n) is 3.58. The number of nitrogens with zero attached hydrogens (tertiary/aromatic N) is 1. The molecule has 5 heteroatoms. The van der Waals surface area contributed by atoms with E-state index in [9.17, 15) is 4.79 Å². The van der Waals surface area contributed by atoms with Gasteiger partial charge in [0.25, 0.3) is 0 Å². The van der Waals surface area contributed by atoms with Crippen LogP contribution in [0.2, 0.25) is 0 Å². The van der Waals surface area contributed by atoms with Crippen LogP contribution in [0.5, 0.6) is 0 Å². The van der Waals surface area contributed by atoms with Gasteiger partial charge in [0.05, 0.1) is 17.8 Å². The lowest BCUT2D eigenvalue weighted by Crippen LogP contribution is -2.07. The van der Waals surface area contributed by atoms with E-state index in [1.54, 1.807) is 29.7 Å². The molecule has 0 saturated heterocycles. The number of carboxylic acids is 1. The molecule has 2 rings (SSSR count). The third-order valence-corrected chi connectivity index (χ3v) is 3.18. The number of aromatic carboxylic acids is 1. The van der Waals surface area contributed by atoms with Crippen LogP contribution in [0, 0.1) is 6.92 Å². The lowest BCUT2D eigenvalue weighted by molar-refractivity contribution is 0.0698. The van der Waals surface area contributed by atoms with Crippen molar-refractivity contribution in [1.29, 1.82) is 0 Å². The Balaban J connectivity index is 2.22. The number of aryl methyl sites for hydroxylation is 1. The van der Waals surface area contributed by atoms with E-state index in [1.165, 1.54) is 0 Å². The lowest BCUT2D eigenvalue weighted by Gasteiger charge is -2.11. The number of benzene rings is 1. The average molecular weight is 248 g/mol. The molecule has 2 aromatic rings. The highest BCUT2D eigenvalue weighted by molar-refractivity contribution is 7.09. The molecule has 0 fully saturated rings. The van der Waals surface area contributed by atoms with Crippen molar-refractivity contribution in [1.82, 2.24) is 4.98 Å². The number of carbonyl (C=O) groups is 1. The number of hydrogen-bond donors (Lipinski definition) is 2. The maximum atomic E-state index is 11.1. The molecule has 0 spiro atoms. The summed E-state index contributed by atoms with van der Waals surface area (Å²) >= 11 is 1.54. The number of thiazole rings is 1. The fraction of sp³-hybridized carbons (Fsp3) is 0.167. The Bertz CT molecular complexity index is 523. The summed E-state index contributed by atoms with van der Waals surface area (Å²) < 4.78 is 0. The minimum atomic E-state index is -0.921. The monoisotopic (exact) mass is 248 g/mol. The van der Waals surface area contributed by atoms with Gasteiger partial charge in [-0.3, -0.25) is 0 Å². The maximum absolute atomic E-state index is 11.1. The van der Waals surface area contributed by atoms with Crippen LogP contribution in [-0.2, 0) is 6.54 Å². The van der Waals surface area contributed by atoms with E-state index < -0.39 is 5.97 Å². The summed E-state index contributed by atoms with van der Waals surface area (Å²) in [6, 6.07) is 5.23. The SMILES string of the molecule is Cc1cccc(C(=O)O)c1NCc1nccs1. The fourth-order valence-corrected chi connectivity index (χ4v) is 2.14. The zero-order valence-corrected chi connectivity index (χ0v) is 10.1. The van der Waals surface area contributed by atoms with Crippen molar-refractivity contribution in [2.75, 3.05) is 5.32 Å². The molecule has 0 radical (unpaired) electrons. The van der Waals surface area contributed by atoms with E-state index in [2.05, 4.69) is 10.3 Å². The number of para-hydroxylation sites is 1. The zero-order valence-electron chi connectivity index (χ0n) is 9.30. The first-order valence-electron chi connectivity index (χ1n) is 5.13. The number of aromatic nitrogens is 1. The Hall–Kier alpha value is -1.88. The van der Waals surface area contributed by atoms with E-state index >= 15 is 0 Å². The average Bonchev–Trinajstić information content (AvgIpc) is 2.80. The molecule has 0 bridgehead atoms. The molecule has 0 amide bonds. The third-order valence-electron chi connectivity index (χ3n) is 2.40. The maximum Gasteiger partial charge on any atom is 0.337 e. The highest BCUT2D eigenvalue weighted by atomic mass is 32.1. The molecule has 0 unspecified atom stereocenters. The normalized spacial score (nSPS) is 10.2. The number of anilines is 1. The summed E-state index contributed by atoms with van der Waals surface area (Å²) in [5.74, 6) is -0.921. The Labute approximate surface area is 103 Å². The Morgan fingerprint density at radius 3 is 3.00 bits per heavy atom. The smallest absolute Gasteiger partial charge is 0.337 e. The topological polar surface area (TPSA) is 62.2 Å². The van der Waals surface area contributed by atoms with E-state index in [4.69, 9.17) is 5.11 Å². The zero-order chi connectivity index (χ0) is 12.3. The minimum absolute atomic E-state index is 0.293. The van der Waals surface area contributed by atoms with Crippen LogP contribution in [0.25, 0.3) is 0 Å². The van der Waals surface area contributed by atoms with Crippen LogP contribution in [0.3, 0.4) is 0 Å². The molecule has 0 atom stereocenters. The van der Waals surface area contributed by atoms with E-state index in [0.717, 1.165) is 10.6 Å². The molecular weight excluding hydrogens is 236 g/mol. The number of carboxylic acid groups (broad SMARTS) is 1. The van der Waals surface area contributed by atoms with Gasteiger partial charge < -0.3 is 10.4 Å². The molecule has 0 saturated carbocycles. The van der Waals surface area contributed by atoms with E-state index in [-0.39, 0.29) is 0 Å². The first-order valence-corrected chi connectivity index (χ1v) is 6.01. The largest absolute Gasteiger partial charge is 0.478 e. The Kier molecular flexibility index (Phi) is 3.39. The summed E-state index contributed by atoms with van der Waals surface area (Å²) in [5, 5.41) is 15.1. The van der Waals surface area contributed by atoms with Gasteiger partial charge in [-0.2, -0.15) is 0 Å².